The van der Waals surface area contributed by atoms with E-state index in [-0.39, 0.29) is 35.5 Å². The lowest BCUT2D eigenvalue weighted by Gasteiger charge is -2.18. The molecule has 2 heterocycles. The molecule has 2 aromatic carbocycles. The third kappa shape index (κ3) is 5.06. The number of nitrogens with zero attached hydrogens (tertiary/aromatic N) is 3. The lowest BCUT2D eigenvalue weighted by Crippen LogP contribution is -2.39. The van der Waals surface area contributed by atoms with Crippen molar-refractivity contribution in [3.05, 3.63) is 72.7 Å². The Hall–Kier alpha value is -4.47. The smallest absolute Gasteiger partial charge is 0.332 e. The third-order valence-corrected chi connectivity index (χ3v) is 4.77. The van der Waals surface area contributed by atoms with Crippen LogP contribution in [0.5, 0.6) is 11.5 Å². The molecule has 1 saturated heterocycles. The average Bonchev–Trinajstić information content (AvgIpc) is 3.17. The summed E-state index contributed by atoms with van der Waals surface area (Å²) in [4.78, 5) is 42.9. The highest BCUT2D eigenvalue weighted by atomic mass is 19.1. The highest BCUT2D eigenvalue weighted by Crippen LogP contribution is 2.28. The fourth-order valence-corrected chi connectivity index (χ4v) is 3.28. The molecule has 0 radical (unpaired) electrons. The minimum absolute atomic E-state index is 0.0829. The second kappa shape index (κ2) is 9.35. The molecule has 0 atom stereocenters. The Morgan fingerprint density at radius 2 is 1.82 bits per heavy atom. The molecule has 10 heteroatoms. The fraction of sp³-hybridized carbons (Fsp3) is 0.130. The number of aromatic nitrogens is 1. The van der Waals surface area contributed by atoms with Gasteiger partial charge in [0.1, 0.15) is 11.6 Å². The van der Waals surface area contributed by atoms with E-state index in [2.05, 4.69) is 15.6 Å². The first kappa shape index (κ1) is 21.8. The molecule has 4 rings (SSSR count). The van der Waals surface area contributed by atoms with E-state index >= 15 is 0 Å². The lowest BCUT2D eigenvalue weighted by molar-refractivity contribution is -0.114. The maximum Gasteiger partial charge on any atom is 0.332 e. The molecular formula is C23H20FN5O4. The van der Waals surface area contributed by atoms with Gasteiger partial charge in [0.2, 0.25) is 5.91 Å². The number of ether oxygens (including phenoxy) is 1. The van der Waals surface area contributed by atoms with Crippen LogP contribution < -0.4 is 20.3 Å². The SMILES string of the molecule is CC(=O)Nc1cc(Oc2ccc(NC(=O)N3CCN(c4ccccc4)C3=O)cc2F)ccn1. The van der Waals surface area contributed by atoms with Gasteiger partial charge in [0.05, 0.1) is 6.54 Å². The van der Waals surface area contributed by atoms with Gasteiger partial charge in [0, 0.05) is 43.2 Å². The average molecular weight is 449 g/mol. The summed E-state index contributed by atoms with van der Waals surface area (Å²) in [6.07, 6.45) is 1.42. The predicted molar refractivity (Wildman–Crippen MR) is 120 cm³/mol. The predicted octanol–water partition coefficient (Wildman–Crippen LogP) is 4.45. The van der Waals surface area contributed by atoms with Gasteiger partial charge in [-0.05, 0) is 30.3 Å². The number of amides is 5. The van der Waals surface area contributed by atoms with E-state index in [0.717, 1.165) is 11.0 Å². The molecule has 0 bridgehead atoms. The molecule has 1 aromatic heterocycles. The maximum absolute atomic E-state index is 14.6. The largest absolute Gasteiger partial charge is 0.454 e. The topological polar surface area (TPSA) is 104 Å². The zero-order chi connectivity index (χ0) is 23.4. The van der Waals surface area contributed by atoms with Crippen molar-refractivity contribution in [3.63, 3.8) is 0 Å². The Morgan fingerprint density at radius 1 is 1.03 bits per heavy atom. The number of carbonyl (C=O) groups excluding carboxylic acids is 3. The second-order valence-electron chi connectivity index (χ2n) is 7.16. The van der Waals surface area contributed by atoms with Crippen LogP contribution in [0.4, 0.5) is 31.2 Å². The molecule has 9 nitrogen and oxygen atoms in total. The van der Waals surface area contributed by atoms with E-state index in [1.54, 1.807) is 12.1 Å². The molecule has 1 fully saturated rings. The van der Waals surface area contributed by atoms with Gasteiger partial charge < -0.3 is 15.4 Å². The molecule has 3 aromatic rings. The van der Waals surface area contributed by atoms with Crippen molar-refractivity contribution in [1.29, 1.82) is 0 Å². The summed E-state index contributed by atoms with van der Waals surface area (Å²) >= 11 is 0. The number of para-hydroxylation sites is 1. The summed E-state index contributed by atoms with van der Waals surface area (Å²) in [5.41, 5.74) is 0.868. The molecule has 0 saturated carbocycles. The quantitative estimate of drug-likeness (QED) is 0.599. The van der Waals surface area contributed by atoms with Gasteiger partial charge in [-0.15, -0.1) is 0 Å². The summed E-state index contributed by atoms with van der Waals surface area (Å²) in [6, 6.07) is 14.8. The van der Waals surface area contributed by atoms with E-state index in [0.29, 0.717) is 12.2 Å². The minimum Gasteiger partial charge on any atom is -0.454 e. The molecule has 33 heavy (non-hydrogen) atoms. The second-order valence-corrected chi connectivity index (χ2v) is 7.16. The van der Waals surface area contributed by atoms with E-state index in [1.807, 2.05) is 18.2 Å². The monoisotopic (exact) mass is 449 g/mol. The molecule has 168 valence electrons. The first-order chi connectivity index (χ1) is 15.9. The van der Waals surface area contributed by atoms with Crippen molar-refractivity contribution >= 4 is 35.2 Å². The summed E-state index contributed by atoms with van der Waals surface area (Å²) in [7, 11) is 0. The normalized spacial score (nSPS) is 13.1. The zero-order valence-electron chi connectivity index (χ0n) is 17.6. The number of halogens is 1. The number of hydrogen-bond acceptors (Lipinski definition) is 5. The number of urea groups is 2. The first-order valence-electron chi connectivity index (χ1n) is 10.1. The maximum atomic E-state index is 14.6. The summed E-state index contributed by atoms with van der Waals surface area (Å²) in [5.74, 6) is -0.559. The van der Waals surface area contributed by atoms with Crippen molar-refractivity contribution in [1.82, 2.24) is 9.88 Å². The van der Waals surface area contributed by atoms with Crippen molar-refractivity contribution in [3.8, 4) is 11.5 Å². The molecule has 1 aliphatic heterocycles. The van der Waals surface area contributed by atoms with Gasteiger partial charge in [0.15, 0.2) is 11.6 Å². The summed E-state index contributed by atoms with van der Waals surface area (Å²) in [6.45, 7) is 1.92. The van der Waals surface area contributed by atoms with E-state index < -0.39 is 17.9 Å². The number of anilines is 3. The standard InChI is InChI=1S/C23H20FN5O4/c1-15(30)26-21-14-18(9-10-25-21)33-20-8-7-16(13-19(20)24)27-22(31)29-12-11-28(23(29)32)17-5-3-2-4-6-17/h2-10,13-14H,11-12H2,1H3,(H,27,31)(H,25,26,30). The van der Waals surface area contributed by atoms with Gasteiger partial charge in [-0.25, -0.2) is 23.9 Å². The highest BCUT2D eigenvalue weighted by molar-refractivity contribution is 6.08. The molecule has 0 unspecified atom stereocenters. The van der Waals surface area contributed by atoms with Gasteiger partial charge >= 0.3 is 12.1 Å². The van der Waals surface area contributed by atoms with Crippen LogP contribution in [0.15, 0.2) is 66.9 Å². The number of pyridine rings is 1. The number of carbonyl (C=O) groups is 3. The minimum atomic E-state index is -0.718. The molecule has 2 N–H and O–H groups in total. The highest BCUT2D eigenvalue weighted by Gasteiger charge is 2.34. The summed E-state index contributed by atoms with van der Waals surface area (Å²) < 4.78 is 20.1. The van der Waals surface area contributed by atoms with Crippen molar-refractivity contribution < 1.29 is 23.5 Å². The number of imide groups is 1. The van der Waals surface area contributed by atoms with Crippen LogP contribution in [0.3, 0.4) is 0 Å². The Kier molecular flexibility index (Phi) is 6.16. The Labute approximate surface area is 188 Å². The fourth-order valence-electron chi connectivity index (χ4n) is 3.28. The van der Waals surface area contributed by atoms with Gasteiger partial charge in [-0.1, -0.05) is 18.2 Å². The van der Waals surface area contributed by atoms with Gasteiger partial charge in [-0.2, -0.15) is 0 Å². The van der Waals surface area contributed by atoms with Crippen LogP contribution >= 0.6 is 0 Å². The molecule has 5 amide bonds. The summed E-state index contributed by atoms with van der Waals surface area (Å²) in [5, 5.41) is 5.05. The first-order valence-corrected chi connectivity index (χ1v) is 10.1. The van der Waals surface area contributed by atoms with Gasteiger partial charge in [-0.3, -0.25) is 9.69 Å². The number of nitrogens with one attached hydrogen (secondary N) is 2. The molecule has 1 aliphatic rings. The number of benzene rings is 2. The van der Waals surface area contributed by atoms with Crippen LogP contribution in [0.2, 0.25) is 0 Å². The van der Waals surface area contributed by atoms with Crippen LogP contribution in [0.25, 0.3) is 0 Å². The van der Waals surface area contributed by atoms with Crippen molar-refractivity contribution in [2.45, 2.75) is 6.92 Å². The van der Waals surface area contributed by atoms with E-state index in [4.69, 9.17) is 4.74 Å². The van der Waals surface area contributed by atoms with Gasteiger partial charge in [0.25, 0.3) is 0 Å². The molecular weight excluding hydrogens is 429 g/mol. The lowest BCUT2D eigenvalue weighted by atomic mass is 10.3. The van der Waals surface area contributed by atoms with Crippen LogP contribution in [-0.4, -0.2) is 40.9 Å². The number of hydrogen-bond donors (Lipinski definition) is 2. The zero-order valence-corrected chi connectivity index (χ0v) is 17.6. The van der Waals surface area contributed by atoms with Crippen molar-refractivity contribution in [2.24, 2.45) is 0 Å². The Balaban J connectivity index is 1.41. The third-order valence-electron chi connectivity index (χ3n) is 4.77. The van der Waals surface area contributed by atoms with Crippen molar-refractivity contribution in [2.75, 3.05) is 28.6 Å². The number of rotatable bonds is 5. The van der Waals surface area contributed by atoms with E-state index in [1.165, 1.54) is 42.3 Å². The molecule has 0 aliphatic carbocycles. The Bertz CT molecular complexity index is 1200. The van der Waals surface area contributed by atoms with E-state index in [9.17, 15) is 18.8 Å². The van der Waals surface area contributed by atoms with Crippen LogP contribution in [0.1, 0.15) is 6.92 Å². The van der Waals surface area contributed by atoms with Crippen LogP contribution in [0, 0.1) is 5.82 Å². The Morgan fingerprint density at radius 3 is 2.55 bits per heavy atom. The van der Waals surface area contributed by atoms with Crippen LogP contribution in [-0.2, 0) is 4.79 Å². The molecule has 0 spiro atoms.